The second-order valence-electron chi connectivity index (χ2n) is 4.79. The first kappa shape index (κ1) is 12.4. The molecule has 0 bridgehead atoms. The molecule has 3 aromatic rings. The van der Waals surface area contributed by atoms with E-state index in [1.807, 2.05) is 55.5 Å². The zero-order valence-electron chi connectivity index (χ0n) is 11.2. The number of aryl methyl sites for hydroxylation is 1. The summed E-state index contributed by atoms with van der Waals surface area (Å²) in [6.07, 6.45) is 1.81. The van der Waals surface area contributed by atoms with Crippen molar-refractivity contribution in [2.24, 2.45) is 0 Å². The number of rotatable bonds is 2. The molecular formula is C18H14O2. The van der Waals surface area contributed by atoms with Gasteiger partial charge >= 0.3 is 5.63 Å². The van der Waals surface area contributed by atoms with Gasteiger partial charge in [-0.1, -0.05) is 49.1 Å². The fraction of sp³-hybridized carbons (Fsp3) is 0.0556. The molecule has 0 atom stereocenters. The summed E-state index contributed by atoms with van der Waals surface area (Å²) in [5.41, 5.74) is 4.44. The van der Waals surface area contributed by atoms with E-state index in [0.717, 1.165) is 27.6 Å². The summed E-state index contributed by atoms with van der Waals surface area (Å²) in [4.78, 5) is 11.5. The quantitative estimate of drug-likeness (QED) is 0.640. The van der Waals surface area contributed by atoms with Crippen LogP contribution >= 0.6 is 0 Å². The highest BCUT2D eigenvalue weighted by molar-refractivity contribution is 5.85. The van der Waals surface area contributed by atoms with Crippen molar-refractivity contribution in [1.82, 2.24) is 0 Å². The zero-order chi connectivity index (χ0) is 14.1. The molecule has 3 rings (SSSR count). The molecule has 2 aromatic carbocycles. The molecule has 1 heterocycles. The maximum atomic E-state index is 11.5. The van der Waals surface area contributed by atoms with Gasteiger partial charge in [-0.15, -0.1) is 0 Å². The van der Waals surface area contributed by atoms with E-state index in [-0.39, 0.29) is 5.63 Å². The molecule has 0 aliphatic rings. The highest BCUT2D eigenvalue weighted by Crippen LogP contribution is 2.25. The Morgan fingerprint density at radius 1 is 1.00 bits per heavy atom. The first-order chi connectivity index (χ1) is 9.67. The molecule has 0 fully saturated rings. The van der Waals surface area contributed by atoms with Crippen LogP contribution in [0.5, 0.6) is 0 Å². The summed E-state index contributed by atoms with van der Waals surface area (Å²) < 4.78 is 5.28. The van der Waals surface area contributed by atoms with E-state index in [1.54, 1.807) is 0 Å². The molecule has 0 aliphatic carbocycles. The molecule has 0 spiro atoms. The summed E-state index contributed by atoms with van der Waals surface area (Å²) in [7, 11) is 0. The van der Waals surface area contributed by atoms with Gasteiger partial charge in [0, 0.05) is 11.5 Å². The molecule has 0 unspecified atom stereocenters. The van der Waals surface area contributed by atoms with E-state index < -0.39 is 0 Å². The van der Waals surface area contributed by atoms with Gasteiger partial charge in [0.05, 0.1) is 0 Å². The Morgan fingerprint density at radius 2 is 1.70 bits per heavy atom. The third-order valence-corrected chi connectivity index (χ3v) is 3.43. The van der Waals surface area contributed by atoms with Gasteiger partial charge in [-0.2, -0.15) is 0 Å². The Hall–Kier alpha value is -2.61. The summed E-state index contributed by atoms with van der Waals surface area (Å²) >= 11 is 0. The van der Waals surface area contributed by atoms with Crippen molar-refractivity contribution in [2.45, 2.75) is 6.92 Å². The van der Waals surface area contributed by atoms with Crippen molar-refractivity contribution < 1.29 is 4.42 Å². The highest BCUT2D eigenvalue weighted by Gasteiger charge is 2.04. The van der Waals surface area contributed by atoms with Gasteiger partial charge in [-0.3, -0.25) is 0 Å². The Labute approximate surface area is 117 Å². The fourth-order valence-corrected chi connectivity index (χ4v) is 2.32. The van der Waals surface area contributed by atoms with Crippen molar-refractivity contribution in [1.29, 1.82) is 0 Å². The monoisotopic (exact) mass is 262 g/mol. The van der Waals surface area contributed by atoms with Crippen molar-refractivity contribution in [3.8, 4) is 11.1 Å². The van der Waals surface area contributed by atoms with E-state index >= 15 is 0 Å². The molecule has 2 heteroatoms. The molecule has 20 heavy (non-hydrogen) atoms. The number of benzene rings is 2. The first-order valence-corrected chi connectivity index (χ1v) is 6.45. The number of hydrogen-bond donors (Lipinski definition) is 0. The highest BCUT2D eigenvalue weighted by atomic mass is 16.4. The van der Waals surface area contributed by atoms with Crippen molar-refractivity contribution >= 4 is 17.0 Å². The van der Waals surface area contributed by atoms with Crippen LogP contribution in [0, 0.1) is 6.92 Å². The van der Waals surface area contributed by atoms with Crippen LogP contribution in [0.15, 0.2) is 64.3 Å². The van der Waals surface area contributed by atoms with Gasteiger partial charge in [-0.25, -0.2) is 4.79 Å². The summed E-state index contributed by atoms with van der Waals surface area (Å²) in [5.74, 6) is 0. The van der Waals surface area contributed by atoms with Crippen LogP contribution in [-0.4, -0.2) is 0 Å². The number of hydrogen-bond acceptors (Lipinski definition) is 2. The lowest BCUT2D eigenvalue weighted by Gasteiger charge is -2.05. The lowest BCUT2D eigenvalue weighted by Crippen LogP contribution is -1.97. The average molecular weight is 262 g/mol. The van der Waals surface area contributed by atoms with E-state index in [0.29, 0.717) is 5.58 Å². The second kappa shape index (κ2) is 4.82. The molecule has 0 N–H and O–H groups in total. The predicted molar refractivity (Wildman–Crippen MR) is 82.7 cm³/mol. The van der Waals surface area contributed by atoms with Crippen LogP contribution in [0.25, 0.3) is 28.2 Å². The minimum absolute atomic E-state index is 0.311. The Kier molecular flexibility index (Phi) is 2.99. The topological polar surface area (TPSA) is 30.2 Å². The van der Waals surface area contributed by atoms with Crippen LogP contribution in [0.1, 0.15) is 11.1 Å². The van der Waals surface area contributed by atoms with E-state index in [4.69, 9.17) is 4.42 Å². The third-order valence-electron chi connectivity index (χ3n) is 3.43. The van der Waals surface area contributed by atoms with Crippen LogP contribution in [0.2, 0.25) is 0 Å². The van der Waals surface area contributed by atoms with E-state index in [2.05, 4.69) is 6.58 Å². The summed E-state index contributed by atoms with van der Waals surface area (Å²) in [6.45, 7) is 5.66. The normalized spacial score (nSPS) is 10.7. The van der Waals surface area contributed by atoms with Crippen LogP contribution < -0.4 is 5.63 Å². The third kappa shape index (κ3) is 2.16. The molecule has 0 aliphatic heterocycles. The van der Waals surface area contributed by atoms with Gasteiger partial charge < -0.3 is 4.42 Å². The number of fused-ring (bicyclic) bond motifs is 1. The first-order valence-electron chi connectivity index (χ1n) is 6.45. The van der Waals surface area contributed by atoms with Crippen LogP contribution in [0.4, 0.5) is 0 Å². The van der Waals surface area contributed by atoms with Crippen LogP contribution in [0.3, 0.4) is 0 Å². The van der Waals surface area contributed by atoms with E-state index in [9.17, 15) is 4.79 Å². The smallest absolute Gasteiger partial charge is 0.336 e. The van der Waals surface area contributed by atoms with Gasteiger partial charge in [0.15, 0.2) is 0 Å². The lowest BCUT2D eigenvalue weighted by molar-refractivity contribution is 0.560. The van der Waals surface area contributed by atoms with Crippen molar-refractivity contribution in [3.05, 3.63) is 76.7 Å². The van der Waals surface area contributed by atoms with Crippen molar-refractivity contribution in [3.63, 3.8) is 0 Å². The van der Waals surface area contributed by atoms with Crippen molar-refractivity contribution in [2.75, 3.05) is 0 Å². The minimum atomic E-state index is -0.311. The molecule has 2 nitrogen and oxygen atoms in total. The Bertz CT molecular complexity index is 839. The van der Waals surface area contributed by atoms with Gasteiger partial charge in [0.2, 0.25) is 0 Å². The Balaban J connectivity index is 2.16. The lowest BCUT2D eigenvalue weighted by atomic mass is 10.0. The molecule has 1 aromatic heterocycles. The molecule has 0 saturated carbocycles. The fourth-order valence-electron chi connectivity index (χ4n) is 2.32. The largest absolute Gasteiger partial charge is 0.423 e. The SMILES string of the molecule is C=Cc1ccc(-c2ccc3c(C)cc(=O)oc3c2)cc1. The molecule has 0 radical (unpaired) electrons. The minimum Gasteiger partial charge on any atom is -0.423 e. The van der Waals surface area contributed by atoms with Gasteiger partial charge in [-0.05, 0) is 35.2 Å². The predicted octanol–water partition coefficient (Wildman–Crippen LogP) is 4.41. The summed E-state index contributed by atoms with van der Waals surface area (Å²) in [5, 5.41) is 0.969. The second-order valence-corrected chi connectivity index (χ2v) is 4.79. The molecule has 0 amide bonds. The van der Waals surface area contributed by atoms with E-state index in [1.165, 1.54) is 6.07 Å². The molecule has 98 valence electrons. The standard InChI is InChI=1S/C18H14O2/c1-3-13-4-6-14(7-5-13)15-8-9-16-12(2)10-18(19)20-17(16)11-15/h3-11H,1H2,2H3. The maximum Gasteiger partial charge on any atom is 0.336 e. The molecular weight excluding hydrogens is 248 g/mol. The summed E-state index contributed by atoms with van der Waals surface area (Å²) in [6, 6.07) is 15.5. The van der Waals surface area contributed by atoms with Crippen LogP contribution in [-0.2, 0) is 0 Å². The van der Waals surface area contributed by atoms with Gasteiger partial charge in [0.1, 0.15) is 5.58 Å². The maximum absolute atomic E-state index is 11.5. The zero-order valence-corrected chi connectivity index (χ0v) is 11.2. The average Bonchev–Trinajstić information content (AvgIpc) is 2.46. The Morgan fingerprint density at radius 3 is 2.40 bits per heavy atom. The molecule has 0 saturated heterocycles. The van der Waals surface area contributed by atoms with Gasteiger partial charge in [0.25, 0.3) is 0 Å².